The Labute approximate surface area is 137 Å². The van der Waals surface area contributed by atoms with Gasteiger partial charge in [-0.25, -0.2) is 4.39 Å². The van der Waals surface area contributed by atoms with Gasteiger partial charge in [0, 0.05) is 14.5 Å². The van der Waals surface area contributed by atoms with E-state index in [1.807, 2.05) is 12.1 Å². The van der Waals surface area contributed by atoms with Gasteiger partial charge in [-0.1, -0.05) is 26.0 Å². The molecule has 4 heteroatoms. The number of nitrogens with two attached hydrogens (primary N) is 1. The second-order valence-corrected chi connectivity index (χ2v) is 7.23. The van der Waals surface area contributed by atoms with Crippen LogP contribution in [-0.2, 0) is 5.41 Å². The molecular weight excluding hydrogens is 380 g/mol. The Kier molecular flexibility index (Phi) is 3.69. The van der Waals surface area contributed by atoms with Gasteiger partial charge in [0.05, 0.1) is 12.6 Å². The summed E-state index contributed by atoms with van der Waals surface area (Å²) in [5.41, 5.74) is 9.53. The molecule has 1 aliphatic rings. The minimum Gasteiger partial charge on any atom is -0.492 e. The standard InChI is InChI=1S/C17H17FINO/c1-17(2)9-21-15-6-3-10(7-13(15)17)16(20)12-5-4-11(18)8-14(12)19/h3-8,16H,9,20H2,1-2H3. The van der Waals surface area contributed by atoms with E-state index >= 15 is 0 Å². The molecule has 3 rings (SSSR count). The van der Waals surface area contributed by atoms with Crippen molar-refractivity contribution in [1.82, 2.24) is 0 Å². The highest BCUT2D eigenvalue weighted by atomic mass is 127. The van der Waals surface area contributed by atoms with Gasteiger partial charge in [-0.05, 0) is 58.0 Å². The fourth-order valence-electron chi connectivity index (χ4n) is 2.67. The molecule has 0 aliphatic carbocycles. The van der Waals surface area contributed by atoms with Crippen LogP contribution in [0.4, 0.5) is 4.39 Å². The Bertz CT molecular complexity index is 699. The summed E-state index contributed by atoms with van der Waals surface area (Å²) >= 11 is 2.13. The third kappa shape index (κ3) is 2.66. The summed E-state index contributed by atoms with van der Waals surface area (Å²) in [7, 11) is 0. The number of ether oxygens (including phenoxy) is 1. The summed E-state index contributed by atoms with van der Waals surface area (Å²) in [6.45, 7) is 5.01. The van der Waals surface area contributed by atoms with Crippen LogP contribution in [0.3, 0.4) is 0 Å². The van der Waals surface area contributed by atoms with Crippen LogP contribution in [0.2, 0.25) is 0 Å². The molecule has 1 aliphatic heterocycles. The molecule has 0 saturated carbocycles. The molecule has 2 aromatic carbocycles. The van der Waals surface area contributed by atoms with Crippen molar-refractivity contribution >= 4 is 22.6 Å². The van der Waals surface area contributed by atoms with E-state index in [9.17, 15) is 4.39 Å². The highest BCUT2D eigenvalue weighted by Gasteiger charge is 2.32. The van der Waals surface area contributed by atoms with E-state index in [0.29, 0.717) is 6.61 Å². The smallest absolute Gasteiger partial charge is 0.124 e. The van der Waals surface area contributed by atoms with Crippen LogP contribution in [0.15, 0.2) is 36.4 Å². The van der Waals surface area contributed by atoms with Crippen LogP contribution >= 0.6 is 22.6 Å². The minimum atomic E-state index is -0.265. The van der Waals surface area contributed by atoms with Gasteiger partial charge in [0.2, 0.25) is 0 Å². The fourth-order valence-corrected chi connectivity index (χ4v) is 3.48. The van der Waals surface area contributed by atoms with E-state index in [1.165, 1.54) is 17.7 Å². The maximum absolute atomic E-state index is 13.2. The summed E-state index contributed by atoms with van der Waals surface area (Å²) < 4.78 is 19.8. The van der Waals surface area contributed by atoms with Crippen molar-refractivity contribution in [2.24, 2.45) is 5.73 Å². The maximum atomic E-state index is 13.2. The molecule has 0 amide bonds. The first kappa shape index (κ1) is 14.8. The Morgan fingerprint density at radius 1 is 1.24 bits per heavy atom. The van der Waals surface area contributed by atoms with E-state index in [2.05, 4.69) is 42.5 Å². The second kappa shape index (κ2) is 5.25. The number of benzene rings is 2. The van der Waals surface area contributed by atoms with Crippen molar-refractivity contribution in [1.29, 1.82) is 0 Å². The van der Waals surface area contributed by atoms with E-state index in [1.54, 1.807) is 6.07 Å². The van der Waals surface area contributed by atoms with Crippen LogP contribution in [0.1, 0.15) is 36.6 Å². The minimum absolute atomic E-state index is 0.00101. The lowest BCUT2D eigenvalue weighted by Crippen LogP contribution is -2.19. The van der Waals surface area contributed by atoms with Gasteiger partial charge >= 0.3 is 0 Å². The number of hydrogen-bond acceptors (Lipinski definition) is 2. The molecule has 0 aromatic heterocycles. The summed E-state index contributed by atoms with van der Waals surface area (Å²) in [5.74, 6) is 0.698. The maximum Gasteiger partial charge on any atom is 0.124 e. The zero-order chi connectivity index (χ0) is 15.2. The zero-order valence-corrected chi connectivity index (χ0v) is 14.1. The lowest BCUT2D eigenvalue weighted by molar-refractivity contribution is 0.291. The Morgan fingerprint density at radius 3 is 2.71 bits per heavy atom. The van der Waals surface area contributed by atoms with Gasteiger partial charge in [0.25, 0.3) is 0 Å². The average molecular weight is 397 g/mol. The summed E-state index contributed by atoms with van der Waals surface area (Å²) in [6.07, 6.45) is 0. The number of rotatable bonds is 2. The first-order valence-corrected chi connectivity index (χ1v) is 7.94. The highest BCUT2D eigenvalue weighted by molar-refractivity contribution is 14.1. The van der Waals surface area contributed by atoms with Gasteiger partial charge in [0.15, 0.2) is 0 Å². The van der Waals surface area contributed by atoms with E-state index in [0.717, 1.165) is 20.4 Å². The molecule has 0 fully saturated rings. The van der Waals surface area contributed by atoms with Gasteiger partial charge in [0.1, 0.15) is 11.6 Å². The van der Waals surface area contributed by atoms with Crippen molar-refractivity contribution in [2.45, 2.75) is 25.3 Å². The molecule has 2 nitrogen and oxygen atoms in total. The van der Waals surface area contributed by atoms with Crippen molar-refractivity contribution in [2.75, 3.05) is 6.61 Å². The Balaban J connectivity index is 2.01. The average Bonchev–Trinajstić information content (AvgIpc) is 2.74. The fraction of sp³-hybridized carbons (Fsp3) is 0.294. The lowest BCUT2D eigenvalue weighted by atomic mass is 9.85. The van der Waals surface area contributed by atoms with Crippen molar-refractivity contribution in [3.8, 4) is 5.75 Å². The molecule has 110 valence electrons. The zero-order valence-electron chi connectivity index (χ0n) is 12.0. The molecule has 1 unspecified atom stereocenters. The molecule has 1 heterocycles. The predicted octanol–water partition coefficient (Wildman–Crippen LogP) is 4.15. The Hall–Kier alpha value is -1.14. The van der Waals surface area contributed by atoms with E-state index in [4.69, 9.17) is 10.5 Å². The van der Waals surface area contributed by atoms with Gasteiger partial charge in [-0.15, -0.1) is 0 Å². The molecule has 21 heavy (non-hydrogen) atoms. The van der Waals surface area contributed by atoms with Crippen molar-refractivity contribution in [3.05, 3.63) is 62.5 Å². The third-order valence-corrected chi connectivity index (χ3v) is 4.91. The van der Waals surface area contributed by atoms with Crippen molar-refractivity contribution in [3.63, 3.8) is 0 Å². The van der Waals surface area contributed by atoms with E-state index in [-0.39, 0.29) is 17.3 Å². The molecule has 0 radical (unpaired) electrons. The molecule has 0 spiro atoms. The lowest BCUT2D eigenvalue weighted by Gasteiger charge is -2.19. The summed E-state index contributed by atoms with van der Waals surface area (Å²) in [4.78, 5) is 0. The normalized spacial score (nSPS) is 17.2. The molecular formula is C17H17FINO. The number of fused-ring (bicyclic) bond motifs is 1. The highest BCUT2D eigenvalue weighted by Crippen LogP contribution is 2.40. The monoisotopic (exact) mass is 397 g/mol. The Morgan fingerprint density at radius 2 is 2.00 bits per heavy atom. The molecule has 2 aromatic rings. The van der Waals surface area contributed by atoms with Crippen LogP contribution in [0.5, 0.6) is 5.75 Å². The SMILES string of the molecule is CC1(C)COc2ccc(C(N)c3ccc(F)cc3I)cc21. The topological polar surface area (TPSA) is 35.2 Å². The summed E-state index contributed by atoms with van der Waals surface area (Å²) in [6, 6.07) is 10.6. The first-order chi connectivity index (χ1) is 9.88. The van der Waals surface area contributed by atoms with Gasteiger partial charge in [-0.2, -0.15) is 0 Å². The summed E-state index contributed by atoms with van der Waals surface area (Å²) in [5, 5.41) is 0. The molecule has 0 bridgehead atoms. The third-order valence-electron chi connectivity index (χ3n) is 3.98. The number of hydrogen-bond donors (Lipinski definition) is 1. The van der Waals surface area contributed by atoms with E-state index < -0.39 is 0 Å². The van der Waals surface area contributed by atoms with Crippen LogP contribution in [-0.4, -0.2) is 6.61 Å². The van der Waals surface area contributed by atoms with Crippen LogP contribution in [0.25, 0.3) is 0 Å². The largest absolute Gasteiger partial charge is 0.492 e. The first-order valence-electron chi connectivity index (χ1n) is 6.86. The quantitative estimate of drug-likeness (QED) is 0.773. The van der Waals surface area contributed by atoms with Crippen LogP contribution < -0.4 is 10.5 Å². The molecule has 2 N–H and O–H groups in total. The predicted molar refractivity (Wildman–Crippen MR) is 90.1 cm³/mol. The van der Waals surface area contributed by atoms with Gasteiger partial charge < -0.3 is 10.5 Å². The molecule has 1 atom stereocenters. The van der Waals surface area contributed by atoms with Crippen LogP contribution in [0, 0.1) is 9.39 Å². The molecule has 0 saturated heterocycles. The number of halogens is 2. The van der Waals surface area contributed by atoms with Gasteiger partial charge in [-0.3, -0.25) is 0 Å². The van der Waals surface area contributed by atoms with Crippen molar-refractivity contribution < 1.29 is 9.13 Å². The second-order valence-electron chi connectivity index (χ2n) is 6.07.